The van der Waals surface area contributed by atoms with Gasteiger partial charge in [0.1, 0.15) is 11.3 Å². The van der Waals surface area contributed by atoms with Gasteiger partial charge in [0.05, 0.1) is 24.5 Å². The van der Waals surface area contributed by atoms with E-state index in [1.165, 1.54) is 12.3 Å². The lowest BCUT2D eigenvalue weighted by atomic mass is 10.1. The molecule has 0 amide bonds. The molecule has 0 aromatic carbocycles. The smallest absolute Gasteiger partial charge is 0.388 e. The Morgan fingerprint density at radius 2 is 2.23 bits per heavy atom. The molecule has 4 rings (SSSR count). The third-order valence-electron chi connectivity index (χ3n) is 5.11. The van der Waals surface area contributed by atoms with Gasteiger partial charge in [-0.1, -0.05) is 6.92 Å². The highest BCUT2D eigenvalue weighted by Crippen LogP contribution is 2.26. The van der Waals surface area contributed by atoms with E-state index in [0.717, 1.165) is 32.3 Å². The van der Waals surface area contributed by atoms with Gasteiger partial charge < -0.3 is 19.5 Å². The standard InChI is InChI=1S/C19H25F2N7O3/c1-3-13(11(2)30-17-6-4-5-7-29-17)28-18-12(9-23-28)22-10-15(25-18)24-14-8-16(27-26-14)31-19(20)21/h8-11,13,17,19H,3-7H2,1-2H3,(H2,24,25,26,27)/t11-,13?,17?/m0/s1. The number of aromatic amines is 1. The van der Waals surface area contributed by atoms with Gasteiger partial charge in [0.2, 0.25) is 5.88 Å². The average Bonchev–Trinajstić information content (AvgIpc) is 3.36. The summed E-state index contributed by atoms with van der Waals surface area (Å²) in [4.78, 5) is 8.99. The second-order valence-corrected chi connectivity index (χ2v) is 7.29. The van der Waals surface area contributed by atoms with Crippen molar-refractivity contribution in [1.29, 1.82) is 0 Å². The van der Waals surface area contributed by atoms with E-state index in [-0.39, 0.29) is 24.3 Å². The third-order valence-corrected chi connectivity index (χ3v) is 5.11. The van der Waals surface area contributed by atoms with Gasteiger partial charge in [-0.2, -0.15) is 13.9 Å². The minimum Gasteiger partial charge on any atom is -0.415 e. The molecule has 0 bridgehead atoms. The fourth-order valence-corrected chi connectivity index (χ4v) is 3.63. The molecule has 3 aromatic rings. The minimum absolute atomic E-state index is 0.0641. The summed E-state index contributed by atoms with van der Waals surface area (Å²) in [5.41, 5.74) is 1.22. The van der Waals surface area contributed by atoms with Crippen molar-refractivity contribution in [3.8, 4) is 5.88 Å². The maximum atomic E-state index is 12.3. The number of anilines is 2. The maximum Gasteiger partial charge on any atom is 0.388 e. The van der Waals surface area contributed by atoms with Crippen LogP contribution in [0.4, 0.5) is 20.4 Å². The van der Waals surface area contributed by atoms with Gasteiger partial charge in [-0.15, -0.1) is 5.10 Å². The van der Waals surface area contributed by atoms with E-state index >= 15 is 0 Å². The fraction of sp³-hybridized carbons (Fsp3) is 0.579. The first-order valence-electron chi connectivity index (χ1n) is 10.3. The van der Waals surface area contributed by atoms with Crippen LogP contribution in [0.15, 0.2) is 18.5 Å². The first-order valence-corrected chi connectivity index (χ1v) is 10.3. The molecule has 0 radical (unpaired) electrons. The summed E-state index contributed by atoms with van der Waals surface area (Å²) in [6, 6.07) is 1.25. The number of nitrogens with zero attached hydrogens (tertiary/aromatic N) is 5. The van der Waals surface area contributed by atoms with Crippen LogP contribution in [0.3, 0.4) is 0 Å². The summed E-state index contributed by atoms with van der Waals surface area (Å²) < 4.78 is 42.5. The van der Waals surface area contributed by atoms with Gasteiger partial charge in [-0.3, -0.25) is 5.10 Å². The van der Waals surface area contributed by atoms with Crippen molar-refractivity contribution >= 4 is 22.8 Å². The second kappa shape index (κ2) is 9.52. The lowest BCUT2D eigenvalue weighted by molar-refractivity contribution is -0.193. The van der Waals surface area contributed by atoms with Crippen molar-refractivity contribution in [2.75, 3.05) is 11.9 Å². The van der Waals surface area contributed by atoms with Crippen molar-refractivity contribution in [2.24, 2.45) is 0 Å². The number of H-pyrrole nitrogens is 1. The van der Waals surface area contributed by atoms with Crippen LogP contribution in [0.25, 0.3) is 11.2 Å². The predicted octanol–water partition coefficient (Wildman–Crippen LogP) is 3.78. The van der Waals surface area contributed by atoms with Gasteiger partial charge in [0, 0.05) is 12.7 Å². The van der Waals surface area contributed by atoms with Gasteiger partial charge >= 0.3 is 6.61 Å². The van der Waals surface area contributed by atoms with Crippen molar-refractivity contribution in [1.82, 2.24) is 29.9 Å². The minimum atomic E-state index is -2.95. The molecule has 1 fully saturated rings. The van der Waals surface area contributed by atoms with Crippen LogP contribution in [0.1, 0.15) is 45.6 Å². The fourth-order valence-electron chi connectivity index (χ4n) is 3.63. The number of ether oxygens (including phenoxy) is 3. The zero-order chi connectivity index (χ0) is 21.8. The summed E-state index contributed by atoms with van der Waals surface area (Å²) in [7, 11) is 0. The Morgan fingerprint density at radius 3 is 2.97 bits per heavy atom. The van der Waals surface area contributed by atoms with E-state index in [9.17, 15) is 8.78 Å². The number of hydrogen-bond acceptors (Lipinski definition) is 8. The Balaban J connectivity index is 1.52. The summed E-state index contributed by atoms with van der Waals surface area (Å²) >= 11 is 0. The van der Waals surface area contributed by atoms with Gasteiger partial charge in [-0.25, -0.2) is 14.6 Å². The Bertz CT molecular complexity index is 990. The van der Waals surface area contributed by atoms with Gasteiger partial charge in [0.15, 0.2) is 17.8 Å². The molecule has 4 heterocycles. The Hall–Kier alpha value is -2.86. The number of hydrogen-bond donors (Lipinski definition) is 2. The molecule has 1 aliphatic heterocycles. The van der Waals surface area contributed by atoms with E-state index in [0.29, 0.717) is 22.8 Å². The van der Waals surface area contributed by atoms with Crippen molar-refractivity contribution in [2.45, 2.75) is 64.6 Å². The van der Waals surface area contributed by atoms with E-state index in [2.05, 4.69) is 42.2 Å². The number of alkyl halides is 2. The van der Waals surface area contributed by atoms with Crippen LogP contribution in [-0.2, 0) is 9.47 Å². The Labute approximate surface area is 177 Å². The third kappa shape index (κ3) is 5.07. The first kappa shape index (κ1) is 21.4. The van der Waals surface area contributed by atoms with Gasteiger partial charge in [0.25, 0.3) is 0 Å². The summed E-state index contributed by atoms with van der Waals surface area (Å²) in [6.07, 6.45) is 6.66. The van der Waals surface area contributed by atoms with Crippen LogP contribution < -0.4 is 10.1 Å². The van der Waals surface area contributed by atoms with Crippen molar-refractivity contribution < 1.29 is 23.0 Å². The number of rotatable bonds is 9. The van der Waals surface area contributed by atoms with Crippen molar-refractivity contribution in [3.63, 3.8) is 0 Å². The molecule has 12 heteroatoms. The van der Waals surface area contributed by atoms with Crippen LogP contribution >= 0.6 is 0 Å². The molecule has 1 saturated heterocycles. The highest BCUT2D eigenvalue weighted by atomic mass is 19.3. The lowest BCUT2D eigenvalue weighted by Gasteiger charge is -2.30. The molecule has 31 heavy (non-hydrogen) atoms. The average molecular weight is 437 g/mol. The molecular formula is C19H25F2N7O3. The van der Waals surface area contributed by atoms with Crippen LogP contribution in [0.5, 0.6) is 5.88 Å². The first-order chi connectivity index (χ1) is 15.0. The van der Waals surface area contributed by atoms with E-state index in [1.807, 2.05) is 6.92 Å². The summed E-state index contributed by atoms with van der Waals surface area (Å²) in [6.45, 7) is 1.84. The van der Waals surface area contributed by atoms with E-state index in [1.54, 1.807) is 10.9 Å². The molecule has 10 nitrogen and oxygen atoms in total. The molecule has 0 spiro atoms. The van der Waals surface area contributed by atoms with E-state index in [4.69, 9.17) is 9.47 Å². The molecular weight excluding hydrogens is 412 g/mol. The normalized spacial score (nSPS) is 18.9. The largest absolute Gasteiger partial charge is 0.415 e. The molecule has 3 atom stereocenters. The Kier molecular flexibility index (Phi) is 6.56. The summed E-state index contributed by atoms with van der Waals surface area (Å²) in [5, 5.41) is 13.7. The SMILES string of the molecule is CCC([C@H](C)OC1CCCCO1)n1ncc2ncc(Nc3cc(OC(F)F)n[nH]3)nc21. The molecule has 2 unspecified atom stereocenters. The zero-order valence-corrected chi connectivity index (χ0v) is 17.3. The topological polar surface area (TPSA) is 112 Å². The lowest BCUT2D eigenvalue weighted by Crippen LogP contribution is -2.32. The number of nitrogens with one attached hydrogen (secondary N) is 2. The molecule has 2 N–H and O–H groups in total. The Morgan fingerprint density at radius 1 is 1.35 bits per heavy atom. The van der Waals surface area contributed by atoms with Crippen LogP contribution in [0, 0.1) is 0 Å². The molecule has 0 saturated carbocycles. The molecule has 1 aliphatic rings. The van der Waals surface area contributed by atoms with Crippen molar-refractivity contribution in [3.05, 3.63) is 18.5 Å². The number of halogens is 2. The highest BCUT2D eigenvalue weighted by Gasteiger charge is 2.26. The summed E-state index contributed by atoms with van der Waals surface area (Å²) in [5.74, 6) is 0.521. The number of fused-ring (bicyclic) bond motifs is 1. The quantitative estimate of drug-likeness (QED) is 0.520. The van der Waals surface area contributed by atoms with Crippen LogP contribution in [-0.4, -0.2) is 55.6 Å². The van der Waals surface area contributed by atoms with Crippen LogP contribution in [0.2, 0.25) is 0 Å². The zero-order valence-electron chi connectivity index (χ0n) is 17.3. The number of aromatic nitrogens is 6. The molecule has 3 aromatic heterocycles. The molecule has 168 valence electrons. The molecule has 0 aliphatic carbocycles. The highest BCUT2D eigenvalue weighted by molar-refractivity contribution is 5.72. The second-order valence-electron chi connectivity index (χ2n) is 7.29. The monoisotopic (exact) mass is 437 g/mol. The van der Waals surface area contributed by atoms with E-state index < -0.39 is 6.61 Å². The van der Waals surface area contributed by atoms with Gasteiger partial charge in [-0.05, 0) is 32.6 Å². The predicted molar refractivity (Wildman–Crippen MR) is 107 cm³/mol. The maximum absolute atomic E-state index is 12.3.